The Kier molecular flexibility index (Phi) is 6.34. The average Bonchev–Trinajstić information content (AvgIpc) is 2.62. The molecule has 0 heterocycles. The summed E-state index contributed by atoms with van der Waals surface area (Å²) in [6, 6.07) is 14.7. The van der Waals surface area contributed by atoms with Crippen LogP contribution in [0.1, 0.15) is 66.3 Å². The fourth-order valence-electron chi connectivity index (χ4n) is 2.34. The van der Waals surface area contributed by atoms with Crippen LogP contribution in [0.2, 0.25) is 0 Å². The molecule has 0 aliphatic heterocycles. The van der Waals surface area contributed by atoms with Crippen molar-refractivity contribution >= 4 is 17.5 Å². The number of nitrogens with one attached hydrogen (secondary N) is 2. The molecule has 4 nitrogen and oxygen atoms in total. The molecule has 2 amide bonds. The molecular formula is C21H26N2O2. The van der Waals surface area contributed by atoms with Crippen molar-refractivity contribution < 1.29 is 9.59 Å². The Morgan fingerprint density at radius 3 is 1.88 bits per heavy atom. The molecule has 2 N–H and O–H groups in total. The first-order chi connectivity index (χ1) is 11.9. The molecule has 0 saturated carbocycles. The molecule has 2 rings (SSSR count). The maximum absolute atomic E-state index is 12.3. The van der Waals surface area contributed by atoms with Crippen molar-refractivity contribution in [2.24, 2.45) is 0 Å². The molecule has 25 heavy (non-hydrogen) atoms. The van der Waals surface area contributed by atoms with Gasteiger partial charge in [-0.2, -0.15) is 0 Å². The van der Waals surface area contributed by atoms with Crippen LogP contribution in [0, 0.1) is 0 Å². The van der Waals surface area contributed by atoms with Gasteiger partial charge >= 0.3 is 0 Å². The molecule has 1 unspecified atom stereocenters. The van der Waals surface area contributed by atoms with Crippen molar-refractivity contribution in [3.63, 3.8) is 0 Å². The van der Waals surface area contributed by atoms with Gasteiger partial charge in [-0.25, -0.2) is 0 Å². The smallest absolute Gasteiger partial charge is 0.255 e. The Morgan fingerprint density at radius 2 is 1.36 bits per heavy atom. The average molecular weight is 338 g/mol. The number of anilines is 1. The molecule has 2 aromatic rings. The van der Waals surface area contributed by atoms with Gasteiger partial charge in [-0.05, 0) is 61.2 Å². The normalized spacial score (nSPS) is 11.9. The predicted octanol–water partition coefficient (Wildman–Crippen LogP) is 4.59. The van der Waals surface area contributed by atoms with E-state index in [1.54, 1.807) is 24.3 Å². The largest absolute Gasteiger partial charge is 0.350 e. The molecule has 0 bridgehead atoms. The van der Waals surface area contributed by atoms with Crippen molar-refractivity contribution in [2.75, 3.05) is 5.32 Å². The summed E-state index contributed by atoms with van der Waals surface area (Å²) in [5.74, 6) is 0.176. The summed E-state index contributed by atoms with van der Waals surface area (Å²) < 4.78 is 0. The van der Waals surface area contributed by atoms with Crippen LogP contribution < -0.4 is 10.6 Å². The number of carbonyl (C=O) groups is 2. The highest BCUT2D eigenvalue weighted by atomic mass is 16.2. The number of carbonyl (C=O) groups excluding carboxylic acids is 2. The summed E-state index contributed by atoms with van der Waals surface area (Å²) in [5.41, 5.74) is 3.06. The molecule has 0 radical (unpaired) electrons. The highest BCUT2D eigenvalue weighted by molar-refractivity contribution is 6.04. The third kappa shape index (κ3) is 5.18. The molecule has 0 aliphatic carbocycles. The van der Waals surface area contributed by atoms with E-state index in [0.717, 1.165) is 6.42 Å². The van der Waals surface area contributed by atoms with E-state index in [-0.39, 0.29) is 17.9 Å². The molecule has 0 aromatic heterocycles. The zero-order chi connectivity index (χ0) is 18.4. The number of hydrogen-bond donors (Lipinski definition) is 2. The van der Waals surface area contributed by atoms with E-state index in [1.807, 2.05) is 38.1 Å². The van der Waals surface area contributed by atoms with Crippen molar-refractivity contribution in [3.8, 4) is 0 Å². The first-order valence-corrected chi connectivity index (χ1v) is 8.73. The monoisotopic (exact) mass is 338 g/mol. The minimum atomic E-state index is -0.160. The molecular weight excluding hydrogens is 312 g/mol. The van der Waals surface area contributed by atoms with Crippen molar-refractivity contribution in [3.05, 3.63) is 65.2 Å². The van der Waals surface area contributed by atoms with Gasteiger partial charge in [0, 0.05) is 22.9 Å². The third-order valence-corrected chi connectivity index (χ3v) is 4.23. The van der Waals surface area contributed by atoms with Crippen LogP contribution in [0.3, 0.4) is 0 Å². The van der Waals surface area contributed by atoms with Crippen LogP contribution in [0.15, 0.2) is 48.5 Å². The molecule has 0 spiro atoms. The number of hydrogen-bond acceptors (Lipinski definition) is 2. The summed E-state index contributed by atoms with van der Waals surface area (Å²) in [6.45, 7) is 8.23. The standard InChI is InChI=1S/C21H26N2O2/c1-5-15(4)22-20(24)18-10-12-19(13-11-18)23-21(25)17-8-6-16(7-9-17)14(2)3/h6-15H,5H2,1-4H3,(H,22,24)(H,23,25). The predicted molar refractivity (Wildman–Crippen MR) is 102 cm³/mol. The van der Waals surface area contributed by atoms with E-state index in [9.17, 15) is 9.59 Å². The molecule has 0 fully saturated rings. The van der Waals surface area contributed by atoms with Crippen molar-refractivity contribution in [1.82, 2.24) is 5.32 Å². The molecule has 4 heteroatoms. The second kappa shape index (κ2) is 8.47. The molecule has 132 valence electrons. The van der Waals surface area contributed by atoms with E-state index in [0.29, 0.717) is 22.7 Å². The van der Waals surface area contributed by atoms with E-state index >= 15 is 0 Å². The first-order valence-electron chi connectivity index (χ1n) is 8.73. The summed E-state index contributed by atoms with van der Waals surface area (Å²) in [7, 11) is 0. The minimum absolute atomic E-state index is 0.100. The van der Waals surface area contributed by atoms with Crippen molar-refractivity contribution in [1.29, 1.82) is 0 Å². The maximum Gasteiger partial charge on any atom is 0.255 e. The zero-order valence-electron chi connectivity index (χ0n) is 15.3. The fraction of sp³-hybridized carbons (Fsp3) is 0.333. The topological polar surface area (TPSA) is 58.2 Å². The highest BCUT2D eigenvalue weighted by Gasteiger charge is 2.10. The van der Waals surface area contributed by atoms with Crippen LogP contribution >= 0.6 is 0 Å². The lowest BCUT2D eigenvalue weighted by Gasteiger charge is -2.12. The van der Waals surface area contributed by atoms with Crippen molar-refractivity contribution in [2.45, 2.75) is 46.1 Å². The Balaban J connectivity index is 2.00. The van der Waals surface area contributed by atoms with Crippen LogP contribution in [-0.2, 0) is 0 Å². The Hall–Kier alpha value is -2.62. The lowest BCUT2D eigenvalue weighted by Crippen LogP contribution is -2.31. The SMILES string of the molecule is CCC(C)NC(=O)c1ccc(NC(=O)c2ccc(C(C)C)cc2)cc1. The van der Waals surface area contributed by atoms with Gasteiger partial charge in [0.05, 0.1) is 0 Å². The quantitative estimate of drug-likeness (QED) is 0.809. The lowest BCUT2D eigenvalue weighted by atomic mass is 10.0. The Labute approximate surface area is 149 Å². The summed E-state index contributed by atoms with van der Waals surface area (Å²) in [4.78, 5) is 24.4. The van der Waals surface area contributed by atoms with Crippen LogP contribution in [0.4, 0.5) is 5.69 Å². The van der Waals surface area contributed by atoms with Gasteiger partial charge in [0.25, 0.3) is 11.8 Å². The van der Waals surface area contributed by atoms with Crippen LogP contribution in [0.25, 0.3) is 0 Å². The summed E-state index contributed by atoms with van der Waals surface area (Å²) >= 11 is 0. The van der Waals surface area contributed by atoms with Gasteiger partial charge in [-0.15, -0.1) is 0 Å². The van der Waals surface area contributed by atoms with Crippen LogP contribution in [0.5, 0.6) is 0 Å². The van der Waals surface area contributed by atoms with E-state index in [1.165, 1.54) is 5.56 Å². The zero-order valence-corrected chi connectivity index (χ0v) is 15.3. The van der Waals surface area contributed by atoms with Gasteiger partial charge in [0.2, 0.25) is 0 Å². The summed E-state index contributed by atoms with van der Waals surface area (Å²) in [6.07, 6.45) is 0.884. The molecule has 0 saturated heterocycles. The van der Waals surface area contributed by atoms with Gasteiger partial charge in [-0.1, -0.05) is 32.9 Å². The van der Waals surface area contributed by atoms with Gasteiger partial charge < -0.3 is 10.6 Å². The number of benzene rings is 2. The lowest BCUT2D eigenvalue weighted by molar-refractivity contribution is 0.0938. The second-order valence-corrected chi connectivity index (χ2v) is 6.59. The summed E-state index contributed by atoms with van der Waals surface area (Å²) in [5, 5.41) is 5.77. The van der Waals surface area contributed by atoms with E-state index in [4.69, 9.17) is 0 Å². The molecule has 0 aliphatic rings. The number of rotatable bonds is 6. The Morgan fingerprint density at radius 1 is 0.840 bits per heavy atom. The fourth-order valence-corrected chi connectivity index (χ4v) is 2.34. The van der Waals surface area contributed by atoms with Gasteiger partial charge in [0.1, 0.15) is 0 Å². The molecule has 1 atom stereocenters. The molecule has 2 aromatic carbocycles. The van der Waals surface area contributed by atoms with Gasteiger partial charge in [-0.3, -0.25) is 9.59 Å². The number of amides is 2. The maximum atomic E-state index is 12.3. The minimum Gasteiger partial charge on any atom is -0.350 e. The van der Waals surface area contributed by atoms with E-state index < -0.39 is 0 Å². The third-order valence-electron chi connectivity index (χ3n) is 4.23. The van der Waals surface area contributed by atoms with Crippen LogP contribution in [-0.4, -0.2) is 17.9 Å². The van der Waals surface area contributed by atoms with E-state index in [2.05, 4.69) is 24.5 Å². The highest BCUT2D eigenvalue weighted by Crippen LogP contribution is 2.16. The first kappa shape index (κ1) is 18.7. The Bertz CT molecular complexity index is 719. The second-order valence-electron chi connectivity index (χ2n) is 6.59. The van der Waals surface area contributed by atoms with Gasteiger partial charge in [0.15, 0.2) is 0 Å².